The number of aryl methyl sites for hydroxylation is 1. The average Bonchev–Trinajstić information content (AvgIpc) is 2.75. The Morgan fingerprint density at radius 1 is 1.41 bits per heavy atom. The standard InChI is InChI=1S/C11H13IN4S/c1-3-4-13-9-8(12)5-14-10(16-9)11-15-7(2)6-17-11/h5-6H,3-4H2,1-2H3,(H,13,14,16). The molecule has 17 heavy (non-hydrogen) atoms. The smallest absolute Gasteiger partial charge is 0.190 e. The van der Waals surface area contributed by atoms with E-state index in [-0.39, 0.29) is 0 Å². The van der Waals surface area contributed by atoms with Crippen molar-refractivity contribution in [3.8, 4) is 10.8 Å². The number of nitrogens with zero attached hydrogens (tertiary/aromatic N) is 3. The molecule has 0 aliphatic rings. The minimum Gasteiger partial charge on any atom is -0.369 e. The molecule has 2 rings (SSSR count). The summed E-state index contributed by atoms with van der Waals surface area (Å²) in [7, 11) is 0. The van der Waals surface area contributed by atoms with Crippen molar-refractivity contribution in [1.29, 1.82) is 0 Å². The highest BCUT2D eigenvalue weighted by Gasteiger charge is 2.09. The molecule has 0 aliphatic heterocycles. The number of hydrogen-bond donors (Lipinski definition) is 1. The molecule has 0 amide bonds. The Morgan fingerprint density at radius 3 is 2.88 bits per heavy atom. The summed E-state index contributed by atoms with van der Waals surface area (Å²) in [5.41, 5.74) is 1.01. The molecule has 0 bridgehead atoms. The summed E-state index contributed by atoms with van der Waals surface area (Å²) in [6.45, 7) is 5.03. The van der Waals surface area contributed by atoms with Gasteiger partial charge in [-0.05, 0) is 35.9 Å². The monoisotopic (exact) mass is 360 g/mol. The zero-order chi connectivity index (χ0) is 12.3. The van der Waals surface area contributed by atoms with E-state index in [1.807, 2.05) is 18.5 Å². The van der Waals surface area contributed by atoms with Crippen LogP contribution in [0.5, 0.6) is 0 Å². The van der Waals surface area contributed by atoms with E-state index in [0.29, 0.717) is 5.82 Å². The summed E-state index contributed by atoms with van der Waals surface area (Å²) in [5, 5.41) is 6.18. The lowest BCUT2D eigenvalue weighted by molar-refractivity contribution is 0.962. The molecule has 0 unspecified atom stereocenters. The van der Waals surface area contributed by atoms with Crippen molar-refractivity contribution < 1.29 is 0 Å². The van der Waals surface area contributed by atoms with Gasteiger partial charge in [0.2, 0.25) is 0 Å². The van der Waals surface area contributed by atoms with E-state index in [0.717, 1.165) is 33.1 Å². The van der Waals surface area contributed by atoms with Crippen molar-refractivity contribution in [2.45, 2.75) is 20.3 Å². The van der Waals surface area contributed by atoms with Gasteiger partial charge in [-0.1, -0.05) is 6.92 Å². The third-order valence-corrected chi connectivity index (χ3v) is 3.84. The Balaban J connectivity index is 2.30. The van der Waals surface area contributed by atoms with Crippen LogP contribution in [-0.4, -0.2) is 21.5 Å². The van der Waals surface area contributed by atoms with E-state index in [1.165, 1.54) is 0 Å². The minimum atomic E-state index is 0.696. The lowest BCUT2D eigenvalue weighted by atomic mass is 10.4. The van der Waals surface area contributed by atoms with Gasteiger partial charge in [-0.3, -0.25) is 0 Å². The van der Waals surface area contributed by atoms with E-state index >= 15 is 0 Å². The van der Waals surface area contributed by atoms with Gasteiger partial charge >= 0.3 is 0 Å². The first-order valence-corrected chi connectivity index (χ1v) is 7.35. The molecule has 0 spiro atoms. The van der Waals surface area contributed by atoms with Crippen LogP contribution in [0.3, 0.4) is 0 Å². The molecule has 90 valence electrons. The van der Waals surface area contributed by atoms with Crippen LogP contribution in [0.4, 0.5) is 5.82 Å². The van der Waals surface area contributed by atoms with Crippen molar-refractivity contribution in [1.82, 2.24) is 15.0 Å². The van der Waals surface area contributed by atoms with Crippen LogP contribution in [0.2, 0.25) is 0 Å². The van der Waals surface area contributed by atoms with Crippen LogP contribution < -0.4 is 5.32 Å². The molecule has 0 aliphatic carbocycles. The van der Waals surface area contributed by atoms with Gasteiger partial charge in [0.15, 0.2) is 10.8 Å². The van der Waals surface area contributed by atoms with Gasteiger partial charge in [0.1, 0.15) is 5.82 Å². The molecule has 1 N–H and O–H groups in total. The second kappa shape index (κ2) is 5.72. The fraction of sp³-hybridized carbons (Fsp3) is 0.364. The molecule has 0 radical (unpaired) electrons. The molecule has 0 fully saturated rings. The lowest BCUT2D eigenvalue weighted by Crippen LogP contribution is -2.05. The first-order chi connectivity index (χ1) is 8.20. The topological polar surface area (TPSA) is 50.7 Å². The molecular formula is C11H13IN4S. The van der Waals surface area contributed by atoms with Crippen LogP contribution in [0.1, 0.15) is 19.0 Å². The quantitative estimate of drug-likeness (QED) is 0.850. The predicted octanol–water partition coefficient (Wildman–Crippen LogP) is 3.34. The van der Waals surface area contributed by atoms with E-state index in [9.17, 15) is 0 Å². The van der Waals surface area contributed by atoms with Crippen LogP contribution in [0, 0.1) is 10.5 Å². The van der Waals surface area contributed by atoms with Gasteiger partial charge in [0.25, 0.3) is 0 Å². The second-order valence-electron chi connectivity index (χ2n) is 3.61. The number of aromatic nitrogens is 3. The minimum absolute atomic E-state index is 0.696. The maximum Gasteiger partial charge on any atom is 0.190 e. The van der Waals surface area contributed by atoms with Crippen molar-refractivity contribution in [2.24, 2.45) is 0 Å². The highest BCUT2D eigenvalue weighted by Crippen LogP contribution is 2.23. The highest BCUT2D eigenvalue weighted by atomic mass is 127. The van der Waals surface area contributed by atoms with E-state index < -0.39 is 0 Å². The molecule has 2 aromatic rings. The number of halogens is 1. The number of nitrogens with one attached hydrogen (secondary N) is 1. The molecular weight excluding hydrogens is 347 g/mol. The van der Waals surface area contributed by atoms with Crippen molar-refractivity contribution in [3.05, 3.63) is 20.8 Å². The molecule has 4 nitrogen and oxygen atoms in total. The third-order valence-electron chi connectivity index (χ3n) is 2.10. The zero-order valence-electron chi connectivity index (χ0n) is 9.70. The maximum absolute atomic E-state index is 4.51. The highest BCUT2D eigenvalue weighted by molar-refractivity contribution is 14.1. The predicted molar refractivity (Wildman–Crippen MR) is 79.4 cm³/mol. The summed E-state index contributed by atoms with van der Waals surface area (Å²) >= 11 is 3.81. The van der Waals surface area contributed by atoms with Crippen molar-refractivity contribution >= 4 is 39.7 Å². The molecule has 0 saturated carbocycles. The largest absolute Gasteiger partial charge is 0.369 e. The van der Waals surface area contributed by atoms with Gasteiger partial charge in [0.05, 0.1) is 3.57 Å². The molecule has 0 saturated heterocycles. The SMILES string of the molecule is CCCNc1nc(-c2nc(C)cs2)ncc1I. The van der Waals surface area contributed by atoms with Gasteiger partial charge in [0, 0.05) is 23.8 Å². The Kier molecular flexibility index (Phi) is 4.27. The fourth-order valence-corrected chi connectivity index (χ4v) is 2.48. The average molecular weight is 360 g/mol. The summed E-state index contributed by atoms with van der Waals surface area (Å²) in [6, 6.07) is 0. The van der Waals surface area contributed by atoms with Gasteiger partial charge in [-0.2, -0.15) is 0 Å². The van der Waals surface area contributed by atoms with Gasteiger partial charge < -0.3 is 5.32 Å². The molecule has 6 heteroatoms. The first kappa shape index (κ1) is 12.7. The Morgan fingerprint density at radius 2 is 2.24 bits per heavy atom. The van der Waals surface area contributed by atoms with Gasteiger partial charge in [-0.25, -0.2) is 15.0 Å². The first-order valence-electron chi connectivity index (χ1n) is 5.39. The number of anilines is 1. The molecule has 0 aromatic carbocycles. The maximum atomic E-state index is 4.51. The van der Waals surface area contributed by atoms with Crippen LogP contribution in [0.15, 0.2) is 11.6 Å². The van der Waals surface area contributed by atoms with Crippen LogP contribution in [0.25, 0.3) is 10.8 Å². The number of rotatable bonds is 4. The summed E-state index contributed by atoms with van der Waals surface area (Å²) in [4.78, 5) is 13.2. The van der Waals surface area contributed by atoms with Crippen molar-refractivity contribution in [3.63, 3.8) is 0 Å². The van der Waals surface area contributed by atoms with E-state index in [4.69, 9.17) is 0 Å². The van der Waals surface area contributed by atoms with E-state index in [2.05, 4.69) is 49.8 Å². The third kappa shape index (κ3) is 3.12. The van der Waals surface area contributed by atoms with Gasteiger partial charge in [-0.15, -0.1) is 11.3 Å². The number of thiazole rings is 1. The Hall–Kier alpha value is -0.760. The molecule has 0 atom stereocenters. The van der Waals surface area contributed by atoms with Crippen molar-refractivity contribution in [2.75, 3.05) is 11.9 Å². The van der Waals surface area contributed by atoms with Crippen LogP contribution >= 0.6 is 33.9 Å². The zero-order valence-corrected chi connectivity index (χ0v) is 12.7. The summed E-state index contributed by atoms with van der Waals surface area (Å²) in [5.74, 6) is 1.59. The summed E-state index contributed by atoms with van der Waals surface area (Å²) in [6.07, 6.45) is 2.91. The second-order valence-corrected chi connectivity index (χ2v) is 5.63. The summed E-state index contributed by atoms with van der Waals surface area (Å²) < 4.78 is 1.04. The number of hydrogen-bond acceptors (Lipinski definition) is 5. The Bertz CT molecular complexity index is 512. The van der Waals surface area contributed by atoms with E-state index in [1.54, 1.807) is 11.3 Å². The molecule has 2 heterocycles. The normalized spacial score (nSPS) is 10.5. The molecule has 2 aromatic heterocycles. The Labute approximate surface area is 118 Å². The fourth-order valence-electron chi connectivity index (χ4n) is 1.29. The lowest BCUT2D eigenvalue weighted by Gasteiger charge is -2.06. The van der Waals surface area contributed by atoms with Crippen LogP contribution in [-0.2, 0) is 0 Å².